The van der Waals surface area contributed by atoms with Gasteiger partial charge in [-0.25, -0.2) is 0 Å². The summed E-state index contributed by atoms with van der Waals surface area (Å²) in [6.45, 7) is 4.36. The smallest absolute Gasteiger partial charge is 0.125 e. The van der Waals surface area contributed by atoms with Gasteiger partial charge in [0.25, 0.3) is 0 Å². The number of thioether (sulfide) groups is 1. The first-order chi connectivity index (χ1) is 7.16. The molecule has 0 bridgehead atoms. The van der Waals surface area contributed by atoms with E-state index in [1.54, 1.807) is 11.8 Å². The molecule has 1 aromatic carbocycles. The summed E-state index contributed by atoms with van der Waals surface area (Å²) >= 11 is 7.70. The third-order valence-electron chi connectivity index (χ3n) is 2.21. The Morgan fingerprint density at radius 2 is 2.27 bits per heavy atom. The molecule has 2 nitrogen and oxygen atoms in total. The van der Waals surface area contributed by atoms with Gasteiger partial charge in [-0.15, -0.1) is 0 Å². The zero-order chi connectivity index (χ0) is 10.8. The van der Waals surface area contributed by atoms with Gasteiger partial charge < -0.3 is 0 Å². The highest BCUT2D eigenvalue weighted by Crippen LogP contribution is 2.27. The van der Waals surface area contributed by atoms with Gasteiger partial charge in [0.2, 0.25) is 0 Å². The van der Waals surface area contributed by atoms with Crippen LogP contribution in [0.2, 0.25) is 5.02 Å². The standard InChI is InChI=1S/C11H13ClN2S/c1-7(2)10-13-14-11(15-10)8-4-3-5-9(12)6-8/h3-7,10,13H,1-2H3. The van der Waals surface area contributed by atoms with E-state index in [4.69, 9.17) is 11.6 Å². The average molecular weight is 241 g/mol. The SMILES string of the molecule is CC(C)C1NN=C(c2cccc(Cl)c2)S1. The first-order valence-electron chi connectivity index (χ1n) is 4.92. The third-order valence-corrected chi connectivity index (χ3v) is 3.90. The molecule has 1 aliphatic heterocycles. The van der Waals surface area contributed by atoms with E-state index in [-0.39, 0.29) is 0 Å². The Hall–Kier alpha value is -0.670. The third kappa shape index (κ3) is 2.47. The topological polar surface area (TPSA) is 24.4 Å². The van der Waals surface area contributed by atoms with Crippen molar-refractivity contribution in [2.24, 2.45) is 11.0 Å². The molecule has 1 N–H and O–H groups in total. The van der Waals surface area contributed by atoms with E-state index in [1.165, 1.54) is 0 Å². The Balaban J connectivity index is 2.14. The first-order valence-corrected chi connectivity index (χ1v) is 6.18. The van der Waals surface area contributed by atoms with Crippen molar-refractivity contribution in [2.45, 2.75) is 19.2 Å². The van der Waals surface area contributed by atoms with Gasteiger partial charge in [0.15, 0.2) is 0 Å². The van der Waals surface area contributed by atoms with Crippen molar-refractivity contribution in [3.05, 3.63) is 34.9 Å². The summed E-state index contributed by atoms with van der Waals surface area (Å²) < 4.78 is 0. The lowest BCUT2D eigenvalue weighted by molar-refractivity contribution is 0.538. The maximum atomic E-state index is 5.94. The van der Waals surface area contributed by atoms with Crippen molar-refractivity contribution in [1.29, 1.82) is 0 Å². The minimum atomic E-state index is 0.374. The molecule has 4 heteroatoms. The lowest BCUT2D eigenvalue weighted by atomic mass is 10.2. The fourth-order valence-electron chi connectivity index (χ4n) is 1.33. The lowest BCUT2D eigenvalue weighted by Crippen LogP contribution is -2.21. The molecule has 1 atom stereocenters. The van der Waals surface area contributed by atoms with Gasteiger partial charge >= 0.3 is 0 Å². The van der Waals surface area contributed by atoms with E-state index >= 15 is 0 Å². The number of benzene rings is 1. The van der Waals surface area contributed by atoms with Crippen molar-refractivity contribution in [3.8, 4) is 0 Å². The Morgan fingerprint density at radius 3 is 2.87 bits per heavy atom. The summed E-state index contributed by atoms with van der Waals surface area (Å²) in [7, 11) is 0. The predicted octanol–water partition coefficient (Wildman–Crippen LogP) is 3.32. The van der Waals surface area contributed by atoms with Crippen LogP contribution in [-0.4, -0.2) is 10.4 Å². The van der Waals surface area contributed by atoms with Crippen LogP contribution < -0.4 is 5.43 Å². The molecule has 1 aromatic rings. The minimum Gasteiger partial charge on any atom is -0.295 e. The van der Waals surface area contributed by atoms with E-state index < -0.39 is 0 Å². The van der Waals surface area contributed by atoms with Crippen molar-refractivity contribution in [3.63, 3.8) is 0 Å². The average Bonchev–Trinajstić information content (AvgIpc) is 2.66. The van der Waals surface area contributed by atoms with Crippen LogP contribution in [0.1, 0.15) is 19.4 Å². The molecule has 1 aliphatic rings. The maximum absolute atomic E-state index is 5.94. The molecule has 80 valence electrons. The number of hydrogen-bond donors (Lipinski definition) is 1. The molecular weight excluding hydrogens is 228 g/mol. The zero-order valence-corrected chi connectivity index (χ0v) is 10.3. The fraction of sp³-hybridized carbons (Fsp3) is 0.364. The van der Waals surface area contributed by atoms with Crippen molar-refractivity contribution < 1.29 is 0 Å². The van der Waals surface area contributed by atoms with Crippen molar-refractivity contribution in [1.82, 2.24) is 5.43 Å². The number of rotatable bonds is 2. The summed E-state index contributed by atoms with van der Waals surface area (Å²) in [6, 6.07) is 7.79. The maximum Gasteiger partial charge on any atom is 0.125 e. The lowest BCUT2D eigenvalue weighted by Gasteiger charge is -2.12. The van der Waals surface area contributed by atoms with E-state index in [0.717, 1.165) is 15.6 Å². The summed E-state index contributed by atoms with van der Waals surface area (Å²) in [6.07, 6.45) is 0. The van der Waals surface area contributed by atoms with Crippen molar-refractivity contribution >= 4 is 28.4 Å². The quantitative estimate of drug-likeness (QED) is 0.858. The van der Waals surface area contributed by atoms with Crippen LogP contribution >= 0.6 is 23.4 Å². The summed E-state index contributed by atoms with van der Waals surface area (Å²) in [5, 5.41) is 6.47. The van der Waals surface area contributed by atoms with Crippen LogP contribution in [0.25, 0.3) is 0 Å². The second-order valence-corrected chi connectivity index (χ2v) is 5.41. The van der Waals surface area contributed by atoms with Gasteiger partial charge in [0.05, 0.1) is 5.37 Å². The monoisotopic (exact) mass is 240 g/mol. The Kier molecular flexibility index (Phi) is 3.22. The summed E-state index contributed by atoms with van der Waals surface area (Å²) in [4.78, 5) is 0. The molecule has 2 rings (SSSR count). The van der Waals surface area contributed by atoms with Crippen LogP contribution in [0, 0.1) is 5.92 Å². The Bertz CT molecular complexity index is 390. The molecule has 0 aromatic heterocycles. The number of nitrogens with zero attached hydrogens (tertiary/aromatic N) is 1. The van der Waals surface area contributed by atoms with Crippen LogP contribution in [-0.2, 0) is 0 Å². The molecule has 0 amide bonds. The molecule has 0 spiro atoms. The Labute approximate surface area is 99.1 Å². The van der Waals surface area contributed by atoms with Crippen LogP contribution in [0.15, 0.2) is 29.4 Å². The first kappa shape index (κ1) is 10.8. The van der Waals surface area contributed by atoms with E-state index in [1.807, 2.05) is 24.3 Å². The minimum absolute atomic E-state index is 0.374. The van der Waals surface area contributed by atoms with Crippen molar-refractivity contribution in [2.75, 3.05) is 0 Å². The molecule has 15 heavy (non-hydrogen) atoms. The fourth-order valence-corrected chi connectivity index (χ4v) is 2.51. The molecule has 0 saturated heterocycles. The largest absolute Gasteiger partial charge is 0.295 e. The highest BCUT2D eigenvalue weighted by molar-refractivity contribution is 8.15. The molecule has 1 unspecified atom stereocenters. The molecule has 0 fully saturated rings. The number of nitrogens with one attached hydrogen (secondary N) is 1. The van der Waals surface area contributed by atoms with Gasteiger partial charge in [-0.2, -0.15) is 5.10 Å². The second-order valence-electron chi connectivity index (χ2n) is 3.84. The van der Waals surface area contributed by atoms with Crippen LogP contribution in [0.3, 0.4) is 0 Å². The van der Waals surface area contributed by atoms with Crippen LogP contribution in [0.5, 0.6) is 0 Å². The van der Waals surface area contributed by atoms with E-state index in [2.05, 4.69) is 24.4 Å². The van der Waals surface area contributed by atoms with Gasteiger partial charge in [0, 0.05) is 10.6 Å². The van der Waals surface area contributed by atoms with Gasteiger partial charge in [-0.3, -0.25) is 5.43 Å². The van der Waals surface area contributed by atoms with E-state index in [9.17, 15) is 0 Å². The molecular formula is C11H13ClN2S. The summed E-state index contributed by atoms with van der Waals surface area (Å²) in [5.41, 5.74) is 4.22. The molecule has 0 saturated carbocycles. The number of halogens is 1. The van der Waals surface area contributed by atoms with E-state index in [0.29, 0.717) is 11.3 Å². The van der Waals surface area contributed by atoms with Gasteiger partial charge in [0.1, 0.15) is 5.04 Å². The second kappa shape index (κ2) is 4.45. The highest BCUT2D eigenvalue weighted by atomic mass is 35.5. The summed E-state index contributed by atoms with van der Waals surface area (Å²) in [5.74, 6) is 0.565. The predicted molar refractivity (Wildman–Crippen MR) is 67.3 cm³/mol. The highest BCUT2D eigenvalue weighted by Gasteiger charge is 2.22. The number of hydrogen-bond acceptors (Lipinski definition) is 3. The normalized spacial score (nSPS) is 20.3. The molecule has 0 radical (unpaired) electrons. The van der Waals surface area contributed by atoms with Crippen LogP contribution in [0.4, 0.5) is 0 Å². The molecule has 0 aliphatic carbocycles. The Morgan fingerprint density at radius 1 is 1.47 bits per heavy atom. The van der Waals surface area contributed by atoms with Gasteiger partial charge in [-0.05, 0) is 18.1 Å². The van der Waals surface area contributed by atoms with Gasteiger partial charge in [-0.1, -0.05) is 49.3 Å². The molecule has 1 heterocycles. The zero-order valence-electron chi connectivity index (χ0n) is 8.70. The number of hydrazone groups is 1.